The Labute approximate surface area is 136 Å². The summed E-state index contributed by atoms with van der Waals surface area (Å²) >= 11 is 30.3. The first-order valence-electron chi connectivity index (χ1n) is 5.31. The van der Waals surface area contributed by atoms with Gasteiger partial charge < -0.3 is 5.32 Å². The zero-order valence-electron chi connectivity index (χ0n) is 9.48. The lowest BCUT2D eigenvalue weighted by atomic mass is 10.2. The van der Waals surface area contributed by atoms with E-state index in [-0.39, 0.29) is 0 Å². The van der Waals surface area contributed by atoms with Gasteiger partial charge in [-0.15, -0.1) is 0 Å². The maximum atomic E-state index is 6.12. The third kappa shape index (κ3) is 3.42. The summed E-state index contributed by atoms with van der Waals surface area (Å²) in [4.78, 5) is 0. The van der Waals surface area contributed by atoms with Crippen LogP contribution in [0.1, 0.15) is 5.56 Å². The van der Waals surface area contributed by atoms with Crippen molar-refractivity contribution in [2.45, 2.75) is 6.54 Å². The van der Waals surface area contributed by atoms with Crippen LogP contribution in [0.4, 0.5) is 5.69 Å². The van der Waals surface area contributed by atoms with Crippen molar-refractivity contribution in [1.29, 1.82) is 0 Å². The molecule has 19 heavy (non-hydrogen) atoms. The van der Waals surface area contributed by atoms with Crippen molar-refractivity contribution in [1.82, 2.24) is 0 Å². The summed E-state index contributed by atoms with van der Waals surface area (Å²) in [5.74, 6) is 0. The third-order valence-electron chi connectivity index (χ3n) is 2.54. The molecule has 0 saturated heterocycles. The Balaban J connectivity index is 2.27. The van der Waals surface area contributed by atoms with E-state index in [2.05, 4.69) is 5.32 Å². The van der Waals surface area contributed by atoms with Gasteiger partial charge in [-0.3, -0.25) is 0 Å². The molecule has 0 heterocycles. The van der Waals surface area contributed by atoms with E-state index in [0.29, 0.717) is 42.9 Å². The fourth-order valence-corrected chi connectivity index (χ4v) is 2.79. The molecular weight excluding hydrogens is 347 g/mol. The number of nitrogens with one attached hydrogen (secondary N) is 1. The summed E-state index contributed by atoms with van der Waals surface area (Å²) in [6, 6.07) is 8.61. The van der Waals surface area contributed by atoms with Gasteiger partial charge in [-0.05, 0) is 24.3 Å². The topological polar surface area (TPSA) is 12.0 Å². The Morgan fingerprint density at radius 1 is 0.737 bits per heavy atom. The first-order valence-corrected chi connectivity index (χ1v) is 7.20. The molecule has 0 spiro atoms. The average Bonchev–Trinajstić information content (AvgIpc) is 2.37. The molecule has 2 aromatic rings. The van der Waals surface area contributed by atoms with Crippen LogP contribution in [0.2, 0.25) is 25.1 Å². The second-order valence-corrected chi connectivity index (χ2v) is 5.78. The summed E-state index contributed by atoms with van der Waals surface area (Å²) in [5, 5.41) is 5.58. The van der Waals surface area contributed by atoms with Crippen molar-refractivity contribution in [3.8, 4) is 0 Å². The Hall–Kier alpha value is -0.310. The molecule has 0 fully saturated rings. The van der Waals surface area contributed by atoms with E-state index < -0.39 is 0 Å². The minimum absolute atomic E-state index is 0.377. The van der Waals surface area contributed by atoms with Crippen LogP contribution in [0, 0.1) is 0 Å². The maximum absolute atomic E-state index is 6.12. The van der Waals surface area contributed by atoms with E-state index in [1.807, 2.05) is 0 Å². The summed E-state index contributed by atoms with van der Waals surface area (Å²) in [6.07, 6.45) is 0. The fraction of sp³-hybridized carbons (Fsp3) is 0.0769. The van der Waals surface area contributed by atoms with E-state index >= 15 is 0 Å². The second kappa shape index (κ2) is 6.43. The van der Waals surface area contributed by atoms with Crippen LogP contribution in [-0.4, -0.2) is 0 Å². The van der Waals surface area contributed by atoms with Crippen LogP contribution in [0.5, 0.6) is 0 Å². The van der Waals surface area contributed by atoms with E-state index in [1.165, 1.54) is 0 Å². The summed E-state index contributed by atoms with van der Waals surface area (Å²) in [5.41, 5.74) is 1.34. The number of halogens is 5. The van der Waals surface area contributed by atoms with Crippen LogP contribution in [0.25, 0.3) is 0 Å². The average molecular weight is 355 g/mol. The Bertz CT molecular complexity index is 592. The number of rotatable bonds is 3. The van der Waals surface area contributed by atoms with Gasteiger partial charge in [0.1, 0.15) is 0 Å². The molecule has 0 atom stereocenters. The van der Waals surface area contributed by atoms with Crippen LogP contribution in [0.15, 0.2) is 30.3 Å². The SMILES string of the molecule is Clc1ccc(Cl)c(CNc2c(Cl)cccc2Cl)c1Cl. The lowest BCUT2D eigenvalue weighted by molar-refractivity contribution is 1.15. The molecule has 2 rings (SSSR count). The summed E-state index contributed by atoms with van der Waals surface area (Å²) < 4.78 is 0. The zero-order chi connectivity index (χ0) is 14.0. The highest BCUT2D eigenvalue weighted by molar-refractivity contribution is 6.44. The summed E-state index contributed by atoms with van der Waals surface area (Å²) in [7, 11) is 0. The molecule has 0 saturated carbocycles. The third-order valence-corrected chi connectivity index (χ3v) is 4.37. The van der Waals surface area contributed by atoms with E-state index in [4.69, 9.17) is 58.0 Å². The summed E-state index contributed by atoms with van der Waals surface area (Å²) in [6.45, 7) is 0.377. The first kappa shape index (κ1) is 15.1. The Kier molecular flexibility index (Phi) is 5.10. The van der Waals surface area contributed by atoms with Gasteiger partial charge in [0.15, 0.2) is 0 Å². The number of hydrogen-bond donors (Lipinski definition) is 1. The van der Waals surface area contributed by atoms with E-state index in [9.17, 15) is 0 Å². The standard InChI is InChI=1S/C13H8Cl5N/c14-8-4-5-9(15)12(18)7(8)6-19-13-10(16)2-1-3-11(13)17/h1-5,19H,6H2. The lowest BCUT2D eigenvalue weighted by Gasteiger charge is -2.13. The van der Waals surface area contributed by atoms with Crippen molar-refractivity contribution in [3.05, 3.63) is 61.0 Å². The van der Waals surface area contributed by atoms with Gasteiger partial charge in [0.2, 0.25) is 0 Å². The van der Waals surface area contributed by atoms with Crippen molar-refractivity contribution >= 4 is 63.7 Å². The van der Waals surface area contributed by atoms with Gasteiger partial charge in [0, 0.05) is 17.1 Å². The lowest BCUT2D eigenvalue weighted by Crippen LogP contribution is -2.02. The van der Waals surface area contributed by atoms with Gasteiger partial charge in [0.25, 0.3) is 0 Å². The smallest absolute Gasteiger partial charge is 0.0721 e. The quantitative estimate of drug-likeness (QED) is 0.614. The molecule has 0 unspecified atom stereocenters. The molecule has 2 aromatic carbocycles. The number of benzene rings is 2. The molecule has 0 amide bonds. The molecule has 0 bridgehead atoms. The molecule has 0 radical (unpaired) electrons. The van der Waals surface area contributed by atoms with Crippen LogP contribution in [0.3, 0.4) is 0 Å². The zero-order valence-corrected chi connectivity index (χ0v) is 13.3. The van der Waals surface area contributed by atoms with Crippen LogP contribution in [-0.2, 0) is 6.54 Å². The Morgan fingerprint density at radius 3 is 1.95 bits per heavy atom. The minimum Gasteiger partial charge on any atom is -0.378 e. The molecule has 0 aliphatic heterocycles. The minimum atomic E-state index is 0.377. The molecule has 1 nitrogen and oxygen atoms in total. The van der Waals surface area contributed by atoms with Crippen LogP contribution >= 0.6 is 58.0 Å². The van der Waals surface area contributed by atoms with Crippen molar-refractivity contribution in [3.63, 3.8) is 0 Å². The van der Waals surface area contributed by atoms with Crippen molar-refractivity contribution < 1.29 is 0 Å². The highest BCUT2D eigenvalue weighted by atomic mass is 35.5. The monoisotopic (exact) mass is 353 g/mol. The van der Waals surface area contributed by atoms with Gasteiger partial charge in [-0.1, -0.05) is 64.1 Å². The fourth-order valence-electron chi connectivity index (χ4n) is 1.57. The van der Waals surface area contributed by atoms with Gasteiger partial charge in [0.05, 0.1) is 25.8 Å². The molecule has 0 aromatic heterocycles. The largest absolute Gasteiger partial charge is 0.378 e. The molecule has 100 valence electrons. The molecule has 6 heteroatoms. The molecule has 0 aliphatic rings. The first-order chi connectivity index (χ1) is 9.00. The van der Waals surface area contributed by atoms with Gasteiger partial charge in [-0.25, -0.2) is 0 Å². The van der Waals surface area contributed by atoms with Crippen LogP contribution < -0.4 is 5.32 Å². The highest BCUT2D eigenvalue weighted by Gasteiger charge is 2.11. The van der Waals surface area contributed by atoms with E-state index in [0.717, 1.165) is 0 Å². The predicted octanol–water partition coefficient (Wildman–Crippen LogP) is 6.57. The van der Waals surface area contributed by atoms with E-state index in [1.54, 1.807) is 30.3 Å². The predicted molar refractivity (Wildman–Crippen MR) is 85.3 cm³/mol. The molecular formula is C13H8Cl5N. The molecule has 1 N–H and O–H groups in total. The second-order valence-electron chi connectivity index (χ2n) is 3.77. The number of anilines is 1. The van der Waals surface area contributed by atoms with Crippen molar-refractivity contribution in [2.75, 3.05) is 5.32 Å². The highest BCUT2D eigenvalue weighted by Crippen LogP contribution is 2.34. The van der Waals surface area contributed by atoms with Crippen molar-refractivity contribution in [2.24, 2.45) is 0 Å². The normalized spacial score (nSPS) is 10.6. The number of para-hydroxylation sites is 1. The maximum Gasteiger partial charge on any atom is 0.0721 e. The van der Waals surface area contributed by atoms with Gasteiger partial charge >= 0.3 is 0 Å². The number of hydrogen-bond acceptors (Lipinski definition) is 1. The molecule has 0 aliphatic carbocycles. The van der Waals surface area contributed by atoms with Gasteiger partial charge in [-0.2, -0.15) is 0 Å². The Morgan fingerprint density at radius 2 is 1.32 bits per heavy atom.